The van der Waals surface area contributed by atoms with Gasteiger partial charge in [-0.15, -0.1) is 0 Å². The van der Waals surface area contributed by atoms with Crippen LogP contribution in [0, 0.1) is 13.8 Å². The summed E-state index contributed by atoms with van der Waals surface area (Å²) in [5.41, 5.74) is 1.65. The largest absolute Gasteiger partial charge is 0.416 e. The number of hydrogen-bond acceptors (Lipinski definition) is 4. The van der Waals surface area contributed by atoms with E-state index in [1.165, 1.54) is 0 Å². The number of nitrogens with zero attached hydrogens (tertiary/aromatic N) is 2. The molecule has 0 aromatic heterocycles. The Bertz CT molecular complexity index is 1120. The van der Waals surface area contributed by atoms with Crippen molar-refractivity contribution in [1.82, 2.24) is 9.21 Å². The van der Waals surface area contributed by atoms with E-state index in [0.29, 0.717) is 6.07 Å². The van der Waals surface area contributed by atoms with Gasteiger partial charge in [-0.25, -0.2) is 8.42 Å². The fraction of sp³-hybridized carbons (Fsp3) is 0.381. The standard InChI is InChI=1S/C21H23ClF3N3O3S/c1-14-4-3-5-18(15(14)2)26-20(29)13-27-8-10-28(11-9-27)32(30,31)19-12-16(21(23,24)25)6-7-17(19)22/h3-7,12H,8-11,13H2,1-2H3,(H,26,29). The summed E-state index contributed by atoms with van der Waals surface area (Å²) < 4.78 is 65.9. The highest BCUT2D eigenvalue weighted by Crippen LogP contribution is 2.34. The fourth-order valence-electron chi connectivity index (χ4n) is 3.42. The molecule has 2 aromatic rings. The van der Waals surface area contributed by atoms with Crippen molar-refractivity contribution in [2.75, 3.05) is 38.0 Å². The molecule has 1 aliphatic rings. The van der Waals surface area contributed by atoms with E-state index in [4.69, 9.17) is 11.6 Å². The maximum absolute atomic E-state index is 13.0. The van der Waals surface area contributed by atoms with Crippen molar-refractivity contribution in [2.24, 2.45) is 0 Å². The molecular weight excluding hydrogens is 467 g/mol. The quantitative estimate of drug-likeness (QED) is 0.691. The van der Waals surface area contributed by atoms with Crippen LogP contribution in [0.3, 0.4) is 0 Å². The Balaban J connectivity index is 1.64. The normalized spacial score (nSPS) is 16.2. The number of alkyl halides is 3. The maximum atomic E-state index is 13.0. The average Bonchev–Trinajstić information content (AvgIpc) is 2.71. The van der Waals surface area contributed by atoms with E-state index >= 15 is 0 Å². The molecule has 1 fully saturated rings. The van der Waals surface area contributed by atoms with Gasteiger partial charge in [-0.1, -0.05) is 23.7 Å². The molecule has 0 atom stereocenters. The van der Waals surface area contributed by atoms with Gasteiger partial charge in [0.05, 0.1) is 17.1 Å². The molecule has 1 N–H and O–H groups in total. The Morgan fingerprint density at radius 3 is 2.38 bits per heavy atom. The van der Waals surface area contributed by atoms with Gasteiger partial charge in [0, 0.05) is 31.9 Å². The zero-order valence-corrected chi connectivity index (χ0v) is 19.1. The number of rotatable bonds is 5. The van der Waals surface area contributed by atoms with Gasteiger partial charge in [0.2, 0.25) is 15.9 Å². The third-order valence-corrected chi connectivity index (χ3v) is 7.83. The lowest BCUT2D eigenvalue weighted by atomic mass is 10.1. The lowest BCUT2D eigenvalue weighted by Crippen LogP contribution is -2.50. The Morgan fingerprint density at radius 2 is 1.75 bits per heavy atom. The molecule has 32 heavy (non-hydrogen) atoms. The second-order valence-corrected chi connectivity index (χ2v) is 9.93. The van der Waals surface area contributed by atoms with Gasteiger partial charge in [0.15, 0.2) is 0 Å². The number of amides is 1. The predicted octanol–water partition coefficient (Wildman–Crippen LogP) is 3.92. The van der Waals surface area contributed by atoms with E-state index in [0.717, 1.165) is 33.3 Å². The minimum absolute atomic E-state index is 0.0334. The number of nitrogens with one attached hydrogen (secondary N) is 1. The zero-order valence-electron chi connectivity index (χ0n) is 17.5. The number of carbonyl (C=O) groups excluding carboxylic acids is 1. The fourth-order valence-corrected chi connectivity index (χ4v) is 5.35. The summed E-state index contributed by atoms with van der Waals surface area (Å²) in [6.45, 7) is 4.52. The summed E-state index contributed by atoms with van der Waals surface area (Å²) >= 11 is 5.91. The maximum Gasteiger partial charge on any atom is 0.416 e. The topological polar surface area (TPSA) is 69.7 Å². The molecule has 0 aliphatic carbocycles. The monoisotopic (exact) mass is 489 g/mol. The van der Waals surface area contributed by atoms with Crippen molar-refractivity contribution in [1.29, 1.82) is 0 Å². The van der Waals surface area contributed by atoms with Crippen molar-refractivity contribution >= 4 is 33.2 Å². The highest BCUT2D eigenvalue weighted by Gasteiger charge is 2.35. The van der Waals surface area contributed by atoms with Gasteiger partial charge < -0.3 is 5.32 Å². The van der Waals surface area contributed by atoms with Crippen LogP contribution < -0.4 is 5.32 Å². The number of anilines is 1. The van der Waals surface area contributed by atoms with E-state index in [9.17, 15) is 26.4 Å². The molecule has 0 bridgehead atoms. The van der Waals surface area contributed by atoms with Gasteiger partial charge in [-0.05, 0) is 49.2 Å². The Hall–Kier alpha value is -2.14. The smallest absolute Gasteiger partial charge is 0.325 e. The highest BCUT2D eigenvalue weighted by atomic mass is 35.5. The van der Waals surface area contributed by atoms with Crippen LogP contribution in [0.25, 0.3) is 0 Å². The number of piperazine rings is 1. The van der Waals surface area contributed by atoms with Crippen molar-refractivity contribution in [2.45, 2.75) is 24.9 Å². The van der Waals surface area contributed by atoms with Gasteiger partial charge in [-0.2, -0.15) is 17.5 Å². The second-order valence-electron chi connectivity index (χ2n) is 7.62. The molecule has 0 radical (unpaired) electrons. The number of sulfonamides is 1. The van der Waals surface area contributed by atoms with Crippen LogP contribution in [0.15, 0.2) is 41.3 Å². The van der Waals surface area contributed by atoms with Crippen molar-refractivity contribution in [3.05, 3.63) is 58.1 Å². The molecule has 0 saturated carbocycles. The highest BCUT2D eigenvalue weighted by molar-refractivity contribution is 7.89. The van der Waals surface area contributed by atoms with Gasteiger partial charge >= 0.3 is 6.18 Å². The minimum Gasteiger partial charge on any atom is -0.325 e. The lowest BCUT2D eigenvalue weighted by Gasteiger charge is -2.33. The molecule has 6 nitrogen and oxygen atoms in total. The third-order valence-electron chi connectivity index (χ3n) is 5.45. The number of aryl methyl sites for hydroxylation is 1. The Morgan fingerprint density at radius 1 is 1.09 bits per heavy atom. The minimum atomic E-state index is -4.68. The van der Waals surface area contributed by atoms with E-state index in [1.807, 2.05) is 32.0 Å². The van der Waals surface area contributed by atoms with E-state index in [2.05, 4.69) is 5.32 Å². The van der Waals surface area contributed by atoms with Crippen LogP contribution >= 0.6 is 11.6 Å². The third kappa shape index (κ3) is 5.43. The molecule has 3 rings (SSSR count). The number of benzene rings is 2. The average molecular weight is 490 g/mol. The van der Waals surface area contributed by atoms with Crippen molar-refractivity contribution in [3.63, 3.8) is 0 Å². The SMILES string of the molecule is Cc1cccc(NC(=O)CN2CCN(S(=O)(=O)c3cc(C(F)(F)F)ccc3Cl)CC2)c1C. The Labute approximate surface area is 190 Å². The molecule has 1 saturated heterocycles. The Kier molecular flexibility index (Phi) is 7.18. The lowest BCUT2D eigenvalue weighted by molar-refractivity contribution is -0.137. The molecule has 1 amide bonds. The van der Waals surface area contributed by atoms with Gasteiger partial charge in [0.25, 0.3) is 0 Å². The zero-order chi connectivity index (χ0) is 23.7. The van der Waals surface area contributed by atoms with E-state index in [1.54, 1.807) is 4.90 Å². The van der Waals surface area contributed by atoms with Crippen LogP contribution in [-0.2, 0) is 21.0 Å². The van der Waals surface area contributed by atoms with E-state index in [-0.39, 0.29) is 43.7 Å². The molecule has 174 valence electrons. The molecule has 1 aliphatic heterocycles. The van der Waals surface area contributed by atoms with Crippen LogP contribution in [-0.4, -0.2) is 56.3 Å². The molecule has 0 spiro atoms. The number of carbonyl (C=O) groups is 1. The summed E-state index contributed by atoms with van der Waals surface area (Å²) in [5, 5.41) is 2.59. The first kappa shape index (κ1) is 24.5. The predicted molar refractivity (Wildman–Crippen MR) is 116 cm³/mol. The van der Waals surface area contributed by atoms with Crippen LogP contribution in [0.2, 0.25) is 5.02 Å². The van der Waals surface area contributed by atoms with Gasteiger partial charge in [0.1, 0.15) is 4.90 Å². The molecule has 2 aromatic carbocycles. The summed E-state index contributed by atoms with van der Waals surface area (Å²) in [7, 11) is -4.21. The molecule has 0 unspecified atom stereocenters. The van der Waals surface area contributed by atoms with Gasteiger partial charge in [-0.3, -0.25) is 9.69 Å². The summed E-state index contributed by atoms with van der Waals surface area (Å²) in [4.78, 5) is 13.6. The van der Waals surface area contributed by atoms with Crippen LogP contribution in [0.1, 0.15) is 16.7 Å². The summed E-state index contributed by atoms with van der Waals surface area (Å²) in [5.74, 6) is -0.226. The first-order valence-corrected chi connectivity index (χ1v) is 11.7. The summed E-state index contributed by atoms with van der Waals surface area (Å²) in [6, 6.07) is 7.84. The van der Waals surface area contributed by atoms with Crippen LogP contribution in [0.5, 0.6) is 0 Å². The van der Waals surface area contributed by atoms with E-state index < -0.39 is 26.7 Å². The van der Waals surface area contributed by atoms with Crippen molar-refractivity contribution in [3.8, 4) is 0 Å². The van der Waals surface area contributed by atoms with Crippen molar-refractivity contribution < 1.29 is 26.4 Å². The molecular formula is C21H23ClF3N3O3S. The number of hydrogen-bond donors (Lipinski definition) is 1. The molecule has 11 heteroatoms. The second kappa shape index (κ2) is 9.38. The molecule has 1 heterocycles. The first-order valence-electron chi connectivity index (χ1n) is 9.85. The summed E-state index contributed by atoms with van der Waals surface area (Å²) in [6.07, 6.45) is -4.68. The number of halogens is 4. The first-order chi connectivity index (χ1) is 14.9. The van der Waals surface area contributed by atoms with Crippen LogP contribution in [0.4, 0.5) is 18.9 Å².